The molecule has 0 spiro atoms. The third-order valence-electron chi connectivity index (χ3n) is 4.76. The molecule has 7 nitrogen and oxygen atoms in total. The molecule has 0 fully saturated rings. The van der Waals surface area contributed by atoms with Crippen LogP contribution in [-0.2, 0) is 9.53 Å². The summed E-state index contributed by atoms with van der Waals surface area (Å²) in [6, 6.07) is 16.4. The SMILES string of the molecule is COc1cc(C(=O)OC(C)C(=O)Nc2cccc3ccccc23)cc2c1OCCO2. The van der Waals surface area contributed by atoms with Gasteiger partial charge in [-0.25, -0.2) is 4.79 Å². The van der Waals surface area contributed by atoms with Crippen molar-refractivity contribution in [2.24, 2.45) is 0 Å². The van der Waals surface area contributed by atoms with Crippen molar-refractivity contribution in [2.75, 3.05) is 25.6 Å². The molecular formula is C23H21NO6. The van der Waals surface area contributed by atoms with Gasteiger partial charge in [-0.15, -0.1) is 0 Å². The fourth-order valence-corrected chi connectivity index (χ4v) is 3.24. The first kappa shape index (κ1) is 19.6. The number of fused-ring (bicyclic) bond motifs is 2. The molecular weight excluding hydrogens is 386 g/mol. The minimum atomic E-state index is -1.00. The van der Waals surface area contributed by atoms with E-state index < -0.39 is 18.0 Å². The van der Waals surface area contributed by atoms with E-state index in [0.29, 0.717) is 36.1 Å². The number of benzene rings is 3. The highest BCUT2D eigenvalue weighted by atomic mass is 16.6. The maximum absolute atomic E-state index is 12.6. The molecule has 1 aliphatic heterocycles. The molecule has 154 valence electrons. The number of rotatable bonds is 5. The predicted molar refractivity (Wildman–Crippen MR) is 111 cm³/mol. The zero-order chi connectivity index (χ0) is 21.1. The summed E-state index contributed by atoms with van der Waals surface area (Å²) in [5, 5.41) is 4.74. The van der Waals surface area contributed by atoms with Gasteiger partial charge in [-0.1, -0.05) is 36.4 Å². The van der Waals surface area contributed by atoms with Crippen LogP contribution in [-0.4, -0.2) is 38.3 Å². The van der Waals surface area contributed by atoms with Crippen LogP contribution in [0.2, 0.25) is 0 Å². The van der Waals surface area contributed by atoms with Crippen molar-refractivity contribution in [1.29, 1.82) is 0 Å². The molecule has 1 N–H and O–H groups in total. The number of nitrogens with one attached hydrogen (secondary N) is 1. The van der Waals surface area contributed by atoms with Crippen LogP contribution in [0.5, 0.6) is 17.2 Å². The Kier molecular flexibility index (Phi) is 5.43. The number of carbonyl (C=O) groups is 2. The van der Waals surface area contributed by atoms with Crippen molar-refractivity contribution < 1.29 is 28.5 Å². The Morgan fingerprint density at radius 3 is 2.63 bits per heavy atom. The lowest BCUT2D eigenvalue weighted by Gasteiger charge is -2.21. The highest BCUT2D eigenvalue weighted by molar-refractivity contribution is 6.04. The van der Waals surface area contributed by atoms with Crippen molar-refractivity contribution in [1.82, 2.24) is 0 Å². The van der Waals surface area contributed by atoms with E-state index in [0.717, 1.165) is 10.8 Å². The zero-order valence-electron chi connectivity index (χ0n) is 16.6. The van der Waals surface area contributed by atoms with E-state index in [2.05, 4.69) is 5.32 Å². The molecule has 30 heavy (non-hydrogen) atoms. The molecule has 7 heteroatoms. The van der Waals surface area contributed by atoms with Crippen molar-refractivity contribution in [2.45, 2.75) is 13.0 Å². The Bertz CT molecular complexity index is 1090. The van der Waals surface area contributed by atoms with Gasteiger partial charge in [-0.05, 0) is 30.5 Å². The molecule has 4 rings (SSSR count). The summed E-state index contributed by atoms with van der Waals surface area (Å²) in [6.07, 6.45) is -1.00. The lowest BCUT2D eigenvalue weighted by Crippen LogP contribution is -2.30. The van der Waals surface area contributed by atoms with Crippen LogP contribution in [0.4, 0.5) is 5.69 Å². The Balaban J connectivity index is 1.49. The lowest BCUT2D eigenvalue weighted by atomic mass is 10.1. The topological polar surface area (TPSA) is 83.1 Å². The summed E-state index contributed by atoms with van der Waals surface area (Å²) in [7, 11) is 1.48. The first-order chi connectivity index (χ1) is 14.6. The van der Waals surface area contributed by atoms with E-state index in [9.17, 15) is 9.59 Å². The summed E-state index contributed by atoms with van der Waals surface area (Å²) in [4.78, 5) is 25.2. The molecule has 0 saturated heterocycles. The van der Waals surface area contributed by atoms with Gasteiger partial charge in [0.1, 0.15) is 13.2 Å². The van der Waals surface area contributed by atoms with Gasteiger partial charge < -0.3 is 24.3 Å². The van der Waals surface area contributed by atoms with Crippen LogP contribution in [0, 0.1) is 0 Å². The predicted octanol–water partition coefficient (Wildman–Crippen LogP) is 3.80. The fraction of sp³-hybridized carbons (Fsp3) is 0.217. The highest BCUT2D eigenvalue weighted by Crippen LogP contribution is 2.40. The molecule has 1 amide bonds. The number of amides is 1. The maximum atomic E-state index is 12.6. The number of hydrogen-bond acceptors (Lipinski definition) is 6. The largest absolute Gasteiger partial charge is 0.493 e. The van der Waals surface area contributed by atoms with Gasteiger partial charge in [0.2, 0.25) is 5.75 Å². The number of methoxy groups -OCH3 is 1. The van der Waals surface area contributed by atoms with Crippen LogP contribution >= 0.6 is 0 Å². The average molecular weight is 407 g/mol. The van der Waals surface area contributed by atoms with Gasteiger partial charge in [0.25, 0.3) is 5.91 Å². The standard InChI is InChI=1S/C23H21NO6/c1-14(22(25)24-18-9-5-7-15-6-3-4-8-17(15)18)30-23(26)16-12-19(27-2)21-20(13-16)28-10-11-29-21/h3-9,12-14H,10-11H2,1-2H3,(H,24,25). The zero-order valence-corrected chi connectivity index (χ0v) is 16.6. The average Bonchev–Trinajstić information content (AvgIpc) is 2.78. The highest BCUT2D eigenvalue weighted by Gasteiger charge is 2.24. The molecule has 1 unspecified atom stereocenters. The second-order valence-electron chi connectivity index (χ2n) is 6.77. The van der Waals surface area contributed by atoms with Gasteiger partial charge in [0, 0.05) is 11.1 Å². The van der Waals surface area contributed by atoms with E-state index in [1.807, 2.05) is 36.4 Å². The Morgan fingerprint density at radius 1 is 1.03 bits per heavy atom. The molecule has 0 bridgehead atoms. The van der Waals surface area contributed by atoms with Crippen molar-refractivity contribution in [3.63, 3.8) is 0 Å². The van der Waals surface area contributed by atoms with Gasteiger partial charge in [-0.3, -0.25) is 4.79 Å². The second kappa shape index (κ2) is 8.32. The van der Waals surface area contributed by atoms with Crippen molar-refractivity contribution in [3.05, 3.63) is 60.2 Å². The normalized spacial score (nSPS) is 13.4. The van der Waals surface area contributed by atoms with Crippen LogP contribution in [0.1, 0.15) is 17.3 Å². The summed E-state index contributed by atoms with van der Waals surface area (Å²) >= 11 is 0. The number of anilines is 1. The minimum absolute atomic E-state index is 0.209. The van der Waals surface area contributed by atoms with E-state index in [-0.39, 0.29) is 5.56 Å². The smallest absolute Gasteiger partial charge is 0.339 e. The van der Waals surface area contributed by atoms with Crippen LogP contribution in [0.15, 0.2) is 54.6 Å². The number of ether oxygens (including phenoxy) is 4. The molecule has 0 saturated carbocycles. The van der Waals surface area contributed by atoms with Crippen LogP contribution in [0.25, 0.3) is 10.8 Å². The molecule has 3 aromatic carbocycles. The van der Waals surface area contributed by atoms with E-state index in [1.54, 1.807) is 6.07 Å². The third kappa shape index (κ3) is 3.87. The summed E-state index contributed by atoms with van der Waals surface area (Å²) in [5.41, 5.74) is 0.864. The third-order valence-corrected chi connectivity index (χ3v) is 4.76. The van der Waals surface area contributed by atoms with E-state index >= 15 is 0 Å². The van der Waals surface area contributed by atoms with E-state index in [1.165, 1.54) is 26.2 Å². The van der Waals surface area contributed by atoms with Crippen molar-refractivity contribution >= 4 is 28.3 Å². The first-order valence-electron chi connectivity index (χ1n) is 9.54. The maximum Gasteiger partial charge on any atom is 0.339 e. The first-order valence-corrected chi connectivity index (χ1v) is 9.54. The fourth-order valence-electron chi connectivity index (χ4n) is 3.24. The van der Waals surface area contributed by atoms with Gasteiger partial charge in [0.05, 0.1) is 12.7 Å². The second-order valence-corrected chi connectivity index (χ2v) is 6.77. The summed E-state index contributed by atoms with van der Waals surface area (Å²) in [6.45, 7) is 2.30. The molecule has 1 heterocycles. The molecule has 1 atom stereocenters. The van der Waals surface area contributed by atoms with Gasteiger partial charge >= 0.3 is 5.97 Å². The lowest BCUT2D eigenvalue weighted by molar-refractivity contribution is -0.123. The molecule has 3 aromatic rings. The van der Waals surface area contributed by atoms with Crippen molar-refractivity contribution in [3.8, 4) is 17.2 Å². The van der Waals surface area contributed by atoms with Crippen LogP contribution in [0.3, 0.4) is 0 Å². The number of carbonyl (C=O) groups excluding carboxylic acids is 2. The molecule has 0 aliphatic carbocycles. The Morgan fingerprint density at radius 2 is 1.80 bits per heavy atom. The minimum Gasteiger partial charge on any atom is -0.493 e. The Labute approximate surface area is 173 Å². The quantitative estimate of drug-likeness (QED) is 0.648. The van der Waals surface area contributed by atoms with Gasteiger partial charge in [0.15, 0.2) is 17.6 Å². The molecule has 1 aliphatic rings. The number of hydrogen-bond donors (Lipinski definition) is 1. The number of esters is 1. The molecule has 0 aromatic heterocycles. The van der Waals surface area contributed by atoms with E-state index in [4.69, 9.17) is 18.9 Å². The summed E-state index contributed by atoms with van der Waals surface area (Å²) < 4.78 is 21.7. The Hall–Kier alpha value is -3.74. The van der Waals surface area contributed by atoms with Crippen LogP contribution < -0.4 is 19.5 Å². The monoisotopic (exact) mass is 407 g/mol. The summed E-state index contributed by atoms with van der Waals surface area (Å²) in [5.74, 6) is 0.129. The molecule has 0 radical (unpaired) electrons. The van der Waals surface area contributed by atoms with Gasteiger partial charge in [-0.2, -0.15) is 0 Å².